The van der Waals surface area contributed by atoms with Crippen molar-refractivity contribution in [3.63, 3.8) is 0 Å². The van der Waals surface area contributed by atoms with Gasteiger partial charge in [-0.05, 0) is 38.4 Å². The smallest absolute Gasteiger partial charge is 0.252 e. The van der Waals surface area contributed by atoms with E-state index in [4.69, 9.17) is 18.4 Å². The summed E-state index contributed by atoms with van der Waals surface area (Å²) in [5.41, 5.74) is 0. The molecule has 7 heteroatoms. The van der Waals surface area contributed by atoms with Crippen LogP contribution in [0.25, 0.3) is 0 Å². The molecule has 0 amide bonds. The predicted molar refractivity (Wildman–Crippen MR) is 86.4 cm³/mol. The van der Waals surface area contributed by atoms with E-state index < -0.39 is 0 Å². The second-order valence-electron chi connectivity index (χ2n) is 6.17. The van der Waals surface area contributed by atoms with Gasteiger partial charge in [-0.1, -0.05) is 5.16 Å². The van der Waals surface area contributed by atoms with Crippen LogP contribution in [0, 0.1) is 6.92 Å². The van der Waals surface area contributed by atoms with E-state index in [1.165, 1.54) is 0 Å². The summed E-state index contributed by atoms with van der Waals surface area (Å²) in [7, 11) is 1.66. The lowest BCUT2D eigenvalue weighted by Crippen LogP contribution is -2.39. The molecule has 2 aromatic heterocycles. The SMILES string of the molecule is COCCc1noc(CO[C@@H]2CCCN(Cc3ccc(C)o3)C2)n1. The Morgan fingerprint density at radius 2 is 2.29 bits per heavy atom. The Morgan fingerprint density at radius 3 is 3.08 bits per heavy atom. The Kier molecular flexibility index (Phi) is 6.01. The van der Waals surface area contributed by atoms with Crippen LogP contribution >= 0.6 is 0 Å². The second-order valence-corrected chi connectivity index (χ2v) is 6.17. The molecule has 3 heterocycles. The van der Waals surface area contributed by atoms with Crippen molar-refractivity contribution in [1.82, 2.24) is 15.0 Å². The topological polar surface area (TPSA) is 73.8 Å². The highest BCUT2D eigenvalue weighted by molar-refractivity contribution is 5.05. The van der Waals surface area contributed by atoms with E-state index in [2.05, 4.69) is 15.0 Å². The first-order chi connectivity index (χ1) is 11.7. The first-order valence-electron chi connectivity index (χ1n) is 8.42. The van der Waals surface area contributed by atoms with Crippen LogP contribution in [0.5, 0.6) is 0 Å². The van der Waals surface area contributed by atoms with Gasteiger partial charge in [-0.3, -0.25) is 4.90 Å². The molecule has 1 saturated heterocycles. The quantitative estimate of drug-likeness (QED) is 0.733. The summed E-state index contributed by atoms with van der Waals surface area (Å²) in [4.78, 5) is 6.68. The summed E-state index contributed by atoms with van der Waals surface area (Å²) in [6.07, 6.45) is 3.01. The number of ether oxygens (including phenoxy) is 2. The van der Waals surface area contributed by atoms with Crippen molar-refractivity contribution in [2.75, 3.05) is 26.8 Å². The van der Waals surface area contributed by atoms with E-state index in [1.54, 1.807) is 7.11 Å². The fraction of sp³-hybridized carbons (Fsp3) is 0.647. The van der Waals surface area contributed by atoms with Crippen molar-refractivity contribution in [2.24, 2.45) is 0 Å². The zero-order chi connectivity index (χ0) is 16.8. The molecule has 0 aromatic carbocycles. The third-order valence-corrected chi connectivity index (χ3v) is 4.12. The fourth-order valence-electron chi connectivity index (χ4n) is 2.92. The number of aryl methyl sites for hydroxylation is 1. The number of hydrogen-bond donors (Lipinski definition) is 0. The molecule has 0 aliphatic carbocycles. The minimum Gasteiger partial charge on any atom is -0.465 e. The normalized spacial score (nSPS) is 19.0. The largest absolute Gasteiger partial charge is 0.465 e. The van der Waals surface area contributed by atoms with Crippen molar-refractivity contribution in [2.45, 2.75) is 45.4 Å². The third-order valence-electron chi connectivity index (χ3n) is 4.12. The Morgan fingerprint density at radius 1 is 1.38 bits per heavy atom. The molecule has 1 aliphatic heterocycles. The number of nitrogens with zero attached hydrogens (tertiary/aromatic N) is 3. The highest BCUT2D eigenvalue weighted by atomic mass is 16.5. The molecule has 132 valence electrons. The summed E-state index contributed by atoms with van der Waals surface area (Å²) in [5, 5.41) is 3.92. The maximum atomic E-state index is 5.96. The van der Waals surface area contributed by atoms with Crippen LogP contribution in [0.4, 0.5) is 0 Å². The number of rotatable bonds is 8. The number of likely N-dealkylation sites (tertiary alicyclic amines) is 1. The first-order valence-corrected chi connectivity index (χ1v) is 8.42. The highest BCUT2D eigenvalue weighted by Gasteiger charge is 2.22. The summed E-state index contributed by atoms with van der Waals surface area (Å²) < 4.78 is 21.8. The molecule has 2 aromatic rings. The van der Waals surface area contributed by atoms with Crippen molar-refractivity contribution >= 4 is 0 Å². The summed E-state index contributed by atoms with van der Waals surface area (Å²) >= 11 is 0. The Hall–Kier alpha value is -1.70. The van der Waals surface area contributed by atoms with Gasteiger partial charge in [0.15, 0.2) is 5.82 Å². The molecule has 3 rings (SSSR count). The molecule has 0 radical (unpaired) electrons. The van der Waals surface area contributed by atoms with Gasteiger partial charge >= 0.3 is 0 Å². The maximum absolute atomic E-state index is 5.96. The highest BCUT2D eigenvalue weighted by Crippen LogP contribution is 2.18. The molecule has 1 atom stereocenters. The number of furan rings is 1. The van der Waals surface area contributed by atoms with Crippen LogP contribution in [0.1, 0.15) is 36.1 Å². The van der Waals surface area contributed by atoms with Crippen LogP contribution in [0.15, 0.2) is 21.1 Å². The van der Waals surface area contributed by atoms with Gasteiger partial charge in [-0.25, -0.2) is 0 Å². The van der Waals surface area contributed by atoms with Crippen LogP contribution in [0.3, 0.4) is 0 Å². The van der Waals surface area contributed by atoms with Gasteiger partial charge in [0.25, 0.3) is 5.89 Å². The van der Waals surface area contributed by atoms with Gasteiger partial charge < -0.3 is 18.4 Å². The van der Waals surface area contributed by atoms with E-state index in [-0.39, 0.29) is 6.10 Å². The fourth-order valence-corrected chi connectivity index (χ4v) is 2.92. The average molecular weight is 335 g/mol. The molecule has 0 bridgehead atoms. The van der Waals surface area contributed by atoms with Gasteiger partial charge in [-0.15, -0.1) is 0 Å². The van der Waals surface area contributed by atoms with Crippen molar-refractivity contribution in [3.8, 4) is 0 Å². The molecular weight excluding hydrogens is 310 g/mol. The van der Waals surface area contributed by atoms with E-state index in [1.807, 2.05) is 19.1 Å². The van der Waals surface area contributed by atoms with Gasteiger partial charge in [0.1, 0.15) is 18.1 Å². The molecule has 7 nitrogen and oxygen atoms in total. The predicted octanol–water partition coefficient (Wildman–Crippen LogP) is 2.34. The van der Waals surface area contributed by atoms with E-state index in [9.17, 15) is 0 Å². The number of hydrogen-bond acceptors (Lipinski definition) is 7. The maximum Gasteiger partial charge on any atom is 0.252 e. The van der Waals surface area contributed by atoms with Crippen molar-refractivity contribution < 1.29 is 18.4 Å². The Bertz CT molecular complexity index is 625. The summed E-state index contributed by atoms with van der Waals surface area (Å²) in [6, 6.07) is 4.05. The standard InChI is InChI=1S/C17H25N3O4/c1-13-5-6-15(23-13)11-20-8-3-4-14(10-20)22-12-17-18-16(19-24-17)7-9-21-2/h5-6,14H,3-4,7-12H2,1-2H3/t14-/m1/s1. The second kappa shape index (κ2) is 8.41. The van der Waals surface area contributed by atoms with Crippen molar-refractivity contribution in [3.05, 3.63) is 35.4 Å². The number of methoxy groups -OCH3 is 1. The zero-order valence-electron chi connectivity index (χ0n) is 14.4. The lowest BCUT2D eigenvalue weighted by molar-refractivity contribution is -0.0223. The van der Waals surface area contributed by atoms with Gasteiger partial charge in [0.05, 0.1) is 19.3 Å². The van der Waals surface area contributed by atoms with Crippen LogP contribution < -0.4 is 0 Å². The average Bonchev–Trinajstić information content (AvgIpc) is 3.20. The van der Waals surface area contributed by atoms with Gasteiger partial charge in [0, 0.05) is 20.1 Å². The van der Waals surface area contributed by atoms with Crippen molar-refractivity contribution in [1.29, 1.82) is 0 Å². The molecule has 0 N–H and O–H groups in total. The summed E-state index contributed by atoms with van der Waals surface area (Å²) in [6.45, 7) is 5.71. The monoisotopic (exact) mass is 335 g/mol. The molecule has 24 heavy (non-hydrogen) atoms. The van der Waals surface area contributed by atoms with Gasteiger partial charge in [0.2, 0.25) is 0 Å². The summed E-state index contributed by atoms with van der Waals surface area (Å²) in [5.74, 6) is 3.15. The molecule has 0 saturated carbocycles. The van der Waals surface area contributed by atoms with Crippen LogP contribution in [-0.2, 0) is 29.0 Å². The van der Waals surface area contributed by atoms with E-state index >= 15 is 0 Å². The first kappa shape index (κ1) is 17.1. The minimum atomic E-state index is 0.184. The molecular formula is C17H25N3O4. The Balaban J connectivity index is 1.44. The van der Waals surface area contributed by atoms with E-state index in [0.29, 0.717) is 31.3 Å². The molecule has 1 aliphatic rings. The van der Waals surface area contributed by atoms with Crippen LogP contribution in [0.2, 0.25) is 0 Å². The van der Waals surface area contributed by atoms with Crippen LogP contribution in [-0.4, -0.2) is 48.0 Å². The number of aromatic nitrogens is 2. The molecule has 0 spiro atoms. The lowest BCUT2D eigenvalue weighted by atomic mass is 10.1. The zero-order valence-corrected chi connectivity index (χ0v) is 14.4. The van der Waals surface area contributed by atoms with E-state index in [0.717, 1.165) is 44.0 Å². The molecule has 1 fully saturated rings. The lowest BCUT2D eigenvalue weighted by Gasteiger charge is -2.31. The number of piperidine rings is 1. The van der Waals surface area contributed by atoms with Gasteiger partial charge in [-0.2, -0.15) is 4.98 Å². The molecule has 0 unspecified atom stereocenters. The Labute approximate surface area is 141 Å². The minimum absolute atomic E-state index is 0.184. The third kappa shape index (κ3) is 4.90.